The van der Waals surface area contributed by atoms with Gasteiger partial charge in [0.2, 0.25) is 5.91 Å². The van der Waals surface area contributed by atoms with Gasteiger partial charge in [0.05, 0.1) is 5.92 Å². The lowest BCUT2D eigenvalue weighted by molar-refractivity contribution is -0.146. The molecule has 2 atom stereocenters. The highest BCUT2D eigenvalue weighted by molar-refractivity contribution is 5.86. The fourth-order valence-corrected chi connectivity index (χ4v) is 5.07. The smallest absolute Gasteiger partial charge is 0.407 e. The molecular formula is C27H32N2O6. The molecule has 8 nitrogen and oxygen atoms in total. The van der Waals surface area contributed by atoms with Gasteiger partial charge in [-0.2, -0.15) is 0 Å². The van der Waals surface area contributed by atoms with Crippen LogP contribution in [0.15, 0.2) is 48.5 Å². The van der Waals surface area contributed by atoms with Crippen molar-refractivity contribution < 1.29 is 29.0 Å². The summed E-state index contributed by atoms with van der Waals surface area (Å²) in [7, 11) is 1.58. The lowest BCUT2D eigenvalue weighted by Crippen LogP contribution is -2.52. The van der Waals surface area contributed by atoms with E-state index >= 15 is 0 Å². The Labute approximate surface area is 205 Å². The Bertz CT molecular complexity index is 1030. The van der Waals surface area contributed by atoms with Crippen LogP contribution in [0.3, 0.4) is 0 Å². The van der Waals surface area contributed by atoms with E-state index in [1.165, 1.54) is 0 Å². The van der Waals surface area contributed by atoms with Crippen molar-refractivity contribution in [2.75, 3.05) is 33.4 Å². The van der Waals surface area contributed by atoms with Gasteiger partial charge < -0.3 is 24.8 Å². The van der Waals surface area contributed by atoms with Gasteiger partial charge in [0.1, 0.15) is 12.6 Å². The first kappa shape index (κ1) is 24.7. The number of alkyl carbamates (subject to hydrolysis) is 1. The minimum absolute atomic E-state index is 0.0748. The van der Waals surface area contributed by atoms with E-state index in [1.54, 1.807) is 12.0 Å². The second kappa shape index (κ2) is 11.4. The third-order valence-electron chi connectivity index (χ3n) is 6.86. The number of carbonyl (C=O) groups excluding carboxylic acids is 2. The number of amides is 2. The van der Waals surface area contributed by atoms with Crippen LogP contribution in [0.1, 0.15) is 42.7 Å². The van der Waals surface area contributed by atoms with Crippen LogP contribution in [0, 0.1) is 5.92 Å². The predicted octanol–water partition coefficient (Wildman–Crippen LogP) is 3.64. The lowest BCUT2D eigenvalue weighted by Gasteiger charge is -2.33. The quantitative estimate of drug-likeness (QED) is 0.531. The number of carbonyl (C=O) groups is 3. The summed E-state index contributed by atoms with van der Waals surface area (Å²) >= 11 is 0. The maximum Gasteiger partial charge on any atom is 0.407 e. The molecule has 2 aromatic rings. The Morgan fingerprint density at radius 2 is 1.74 bits per heavy atom. The first-order chi connectivity index (χ1) is 17.0. The van der Waals surface area contributed by atoms with Gasteiger partial charge in [-0.3, -0.25) is 9.59 Å². The van der Waals surface area contributed by atoms with E-state index in [4.69, 9.17) is 9.47 Å². The number of benzene rings is 2. The number of likely N-dealkylation sites (tertiary alicyclic amines) is 1. The number of aliphatic carboxylic acids is 1. The van der Waals surface area contributed by atoms with Crippen molar-refractivity contribution in [2.45, 2.75) is 37.6 Å². The SMILES string of the molecule is COCCCC(NC(=O)OCC1c2ccccc2-c2ccccc21)C(=O)N1CCCC(C(=O)O)C1. The molecule has 1 saturated heterocycles. The summed E-state index contributed by atoms with van der Waals surface area (Å²) in [6, 6.07) is 15.4. The van der Waals surface area contributed by atoms with Gasteiger partial charge in [-0.15, -0.1) is 0 Å². The van der Waals surface area contributed by atoms with Crippen LogP contribution in [0.2, 0.25) is 0 Å². The Balaban J connectivity index is 1.41. The normalized spacial score (nSPS) is 17.9. The number of piperidine rings is 1. The number of fused-ring (bicyclic) bond motifs is 3. The molecule has 2 amide bonds. The van der Waals surface area contributed by atoms with Crippen molar-refractivity contribution in [1.29, 1.82) is 0 Å². The predicted molar refractivity (Wildman–Crippen MR) is 130 cm³/mol. The van der Waals surface area contributed by atoms with Crippen LogP contribution >= 0.6 is 0 Å². The molecule has 1 aliphatic heterocycles. The van der Waals surface area contributed by atoms with Crippen molar-refractivity contribution in [1.82, 2.24) is 10.2 Å². The molecule has 0 saturated carbocycles. The van der Waals surface area contributed by atoms with Gasteiger partial charge in [0.15, 0.2) is 0 Å². The van der Waals surface area contributed by atoms with E-state index in [0.29, 0.717) is 38.8 Å². The van der Waals surface area contributed by atoms with E-state index in [0.717, 1.165) is 22.3 Å². The number of nitrogens with zero attached hydrogens (tertiary/aromatic N) is 1. The zero-order valence-corrected chi connectivity index (χ0v) is 19.9. The van der Waals surface area contributed by atoms with Gasteiger partial charge in [0, 0.05) is 32.7 Å². The van der Waals surface area contributed by atoms with Crippen molar-refractivity contribution in [3.05, 3.63) is 59.7 Å². The zero-order chi connectivity index (χ0) is 24.8. The number of nitrogens with one attached hydrogen (secondary N) is 1. The second-order valence-electron chi connectivity index (χ2n) is 9.12. The molecule has 0 spiro atoms. The van der Waals surface area contributed by atoms with Crippen molar-refractivity contribution in [3.63, 3.8) is 0 Å². The molecule has 0 radical (unpaired) electrons. The summed E-state index contributed by atoms with van der Waals surface area (Å²) in [5.74, 6) is -1.83. The van der Waals surface area contributed by atoms with Gasteiger partial charge in [-0.25, -0.2) is 4.79 Å². The highest BCUT2D eigenvalue weighted by Gasteiger charge is 2.33. The molecule has 0 aromatic heterocycles. The largest absolute Gasteiger partial charge is 0.481 e. The molecule has 2 unspecified atom stereocenters. The molecule has 2 aromatic carbocycles. The number of rotatable bonds is 9. The number of hydrogen-bond donors (Lipinski definition) is 2. The average molecular weight is 481 g/mol. The number of hydrogen-bond acceptors (Lipinski definition) is 5. The molecule has 186 valence electrons. The van der Waals surface area contributed by atoms with E-state index in [9.17, 15) is 19.5 Å². The third-order valence-corrected chi connectivity index (χ3v) is 6.86. The lowest BCUT2D eigenvalue weighted by atomic mass is 9.97. The fourth-order valence-electron chi connectivity index (χ4n) is 5.07. The molecule has 1 fully saturated rings. The van der Waals surface area contributed by atoms with Crippen molar-refractivity contribution in [2.24, 2.45) is 5.92 Å². The number of carboxylic acids is 1. The number of carboxylic acid groups (broad SMARTS) is 1. The summed E-state index contributed by atoms with van der Waals surface area (Å²) in [6.45, 7) is 1.24. The minimum atomic E-state index is -0.900. The van der Waals surface area contributed by atoms with Gasteiger partial charge in [0.25, 0.3) is 0 Å². The summed E-state index contributed by atoms with van der Waals surface area (Å²) < 4.78 is 10.7. The van der Waals surface area contributed by atoms with E-state index in [2.05, 4.69) is 17.4 Å². The van der Waals surface area contributed by atoms with Crippen molar-refractivity contribution in [3.8, 4) is 11.1 Å². The second-order valence-corrected chi connectivity index (χ2v) is 9.12. The topological polar surface area (TPSA) is 105 Å². The first-order valence-electron chi connectivity index (χ1n) is 12.1. The summed E-state index contributed by atoms with van der Waals surface area (Å²) in [5, 5.41) is 12.1. The molecular weight excluding hydrogens is 448 g/mol. The standard InChI is InChI=1S/C27H32N2O6/c1-34-15-7-13-24(25(30)29-14-6-8-18(16-29)26(31)32)28-27(33)35-17-23-21-11-4-2-9-19(21)20-10-3-5-12-22(20)23/h2-5,9-12,18,23-24H,6-8,13-17H2,1H3,(H,28,33)(H,31,32). The first-order valence-corrected chi connectivity index (χ1v) is 12.1. The molecule has 2 aliphatic rings. The third kappa shape index (κ3) is 5.65. The fraction of sp³-hybridized carbons (Fsp3) is 0.444. The molecule has 2 N–H and O–H groups in total. The molecule has 8 heteroatoms. The maximum absolute atomic E-state index is 13.2. The highest BCUT2D eigenvalue weighted by atomic mass is 16.5. The van der Waals surface area contributed by atoms with Crippen molar-refractivity contribution >= 4 is 18.0 Å². The van der Waals surface area contributed by atoms with Crippen LogP contribution in [0.4, 0.5) is 4.79 Å². The van der Waals surface area contributed by atoms with E-state index in [1.807, 2.05) is 36.4 Å². The van der Waals surface area contributed by atoms with Crippen LogP contribution in [0.5, 0.6) is 0 Å². The molecule has 0 bridgehead atoms. The van der Waals surface area contributed by atoms with Gasteiger partial charge in [-0.1, -0.05) is 48.5 Å². The number of ether oxygens (including phenoxy) is 2. The van der Waals surface area contributed by atoms with Crippen LogP contribution < -0.4 is 5.32 Å². The Kier molecular flexibility index (Phi) is 8.02. The zero-order valence-electron chi connectivity index (χ0n) is 19.9. The Morgan fingerprint density at radius 1 is 1.09 bits per heavy atom. The highest BCUT2D eigenvalue weighted by Crippen LogP contribution is 2.44. The maximum atomic E-state index is 13.2. The molecule has 4 rings (SSSR count). The molecule has 1 aliphatic carbocycles. The number of methoxy groups -OCH3 is 1. The van der Waals surface area contributed by atoms with E-state index in [-0.39, 0.29) is 25.0 Å². The van der Waals surface area contributed by atoms with Crippen LogP contribution in [0.25, 0.3) is 11.1 Å². The van der Waals surface area contributed by atoms with Crippen LogP contribution in [-0.2, 0) is 19.1 Å². The minimum Gasteiger partial charge on any atom is -0.481 e. The Hall–Kier alpha value is -3.39. The van der Waals surface area contributed by atoms with Crippen LogP contribution in [-0.4, -0.2) is 67.4 Å². The summed E-state index contributed by atoms with van der Waals surface area (Å²) in [4.78, 5) is 39.0. The monoisotopic (exact) mass is 480 g/mol. The molecule has 35 heavy (non-hydrogen) atoms. The average Bonchev–Trinajstić information content (AvgIpc) is 3.20. The van der Waals surface area contributed by atoms with Gasteiger partial charge >= 0.3 is 12.1 Å². The summed E-state index contributed by atoms with van der Waals surface area (Å²) in [6.07, 6.45) is 1.47. The Morgan fingerprint density at radius 3 is 2.37 bits per heavy atom. The van der Waals surface area contributed by atoms with E-state index < -0.39 is 24.0 Å². The summed E-state index contributed by atoms with van der Waals surface area (Å²) in [5.41, 5.74) is 4.51. The van der Waals surface area contributed by atoms with Gasteiger partial charge in [-0.05, 0) is 47.9 Å². The molecule has 1 heterocycles.